The number of hydrogen-bond acceptors (Lipinski definition) is 6. The van der Waals surface area contributed by atoms with Crippen molar-refractivity contribution in [3.05, 3.63) is 53.0 Å². The van der Waals surface area contributed by atoms with Crippen molar-refractivity contribution in [2.24, 2.45) is 0 Å². The topological polar surface area (TPSA) is 73.3 Å². The average Bonchev–Trinajstić information content (AvgIpc) is 2.73. The van der Waals surface area contributed by atoms with Crippen LogP contribution >= 0.6 is 0 Å². The Morgan fingerprint density at radius 1 is 1.30 bits per heavy atom. The number of hydrogen-bond donors (Lipinski definition) is 1. The van der Waals surface area contributed by atoms with Gasteiger partial charge in [0.25, 0.3) is 0 Å². The number of anilines is 1. The van der Waals surface area contributed by atoms with E-state index in [1.807, 2.05) is 0 Å². The van der Waals surface area contributed by atoms with Crippen molar-refractivity contribution in [3.63, 3.8) is 0 Å². The third-order valence-electron chi connectivity index (χ3n) is 4.98. The molecule has 0 unspecified atom stereocenters. The predicted molar refractivity (Wildman–Crippen MR) is 104 cm³/mol. The number of alkyl halides is 3. The smallest absolute Gasteiger partial charge is 0.416 e. The van der Waals surface area contributed by atoms with E-state index in [9.17, 15) is 18.0 Å². The first-order valence-corrected chi connectivity index (χ1v) is 9.84. The minimum atomic E-state index is -4.38. The Morgan fingerprint density at radius 2 is 2.10 bits per heavy atom. The summed E-state index contributed by atoms with van der Waals surface area (Å²) in [5.41, 5.74) is 0.617. The fourth-order valence-corrected chi connectivity index (χ4v) is 3.45. The molecule has 2 heterocycles. The molecule has 0 spiro atoms. The molecule has 1 saturated heterocycles. The standard InChI is InChI=1S/C21H24F3N3O3/c1-3-29-20(28)18-13(2)19(27-12-26-18)25-11-16-8-5-9-17(30-16)14-6-4-7-15(10-14)21(22,23)24/h4,6-7,10,12,16-17H,3,5,8-9,11H2,1-2H3,(H,25,26,27)/t16-,17+/m0/s1. The van der Waals surface area contributed by atoms with Gasteiger partial charge in [0.15, 0.2) is 5.69 Å². The number of ether oxygens (including phenoxy) is 2. The fraction of sp³-hybridized carbons (Fsp3) is 0.476. The van der Waals surface area contributed by atoms with E-state index in [0.29, 0.717) is 29.9 Å². The van der Waals surface area contributed by atoms with E-state index in [2.05, 4.69) is 15.3 Å². The van der Waals surface area contributed by atoms with Gasteiger partial charge in [-0.25, -0.2) is 14.8 Å². The lowest BCUT2D eigenvalue weighted by atomic mass is 9.97. The van der Waals surface area contributed by atoms with E-state index >= 15 is 0 Å². The first-order chi connectivity index (χ1) is 14.3. The maximum atomic E-state index is 13.0. The van der Waals surface area contributed by atoms with Gasteiger partial charge in [0.1, 0.15) is 12.1 Å². The summed E-state index contributed by atoms with van der Waals surface area (Å²) in [6.45, 7) is 4.10. The molecule has 1 N–H and O–H groups in total. The first-order valence-electron chi connectivity index (χ1n) is 9.84. The third kappa shape index (κ3) is 5.27. The Kier molecular flexibility index (Phi) is 6.91. The summed E-state index contributed by atoms with van der Waals surface area (Å²) in [5, 5.41) is 3.16. The lowest BCUT2D eigenvalue weighted by Crippen LogP contribution is -2.29. The monoisotopic (exact) mass is 423 g/mol. The Bertz CT molecular complexity index is 889. The summed E-state index contributed by atoms with van der Waals surface area (Å²) >= 11 is 0. The van der Waals surface area contributed by atoms with Gasteiger partial charge in [-0.2, -0.15) is 13.2 Å². The van der Waals surface area contributed by atoms with Crippen LogP contribution < -0.4 is 5.32 Å². The molecule has 1 fully saturated rings. The largest absolute Gasteiger partial charge is 0.461 e. The number of carbonyl (C=O) groups is 1. The van der Waals surface area contributed by atoms with Crippen LogP contribution in [0.3, 0.4) is 0 Å². The second-order valence-corrected chi connectivity index (χ2v) is 7.10. The SMILES string of the molecule is CCOC(=O)c1ncnc(NC[C@@H]2CCC[C@H](c3cccc(C(F)(F)F)c3)O2)c1C. The zero-order valence-corrected chi connectivity index (χ0v) is 16.8. The second kappa shape index (κ2) is 9.42. The van der Waals surface area contributed by atoms with Gasteiger partial charge in [0.05, 0.1) is 24.4 Å². The lowest BCUT2D eigenvalue weighted by molar-refractivity contribution is -0.137. The number of rotatable bonds is 6. The van der Waals surface area contributed by atoms with Crippen molar-refractivity contribution in [2.45, 2.75) is 51.5 Å². The minimum absolute atomic E-state index is 0.195. The Balaban J connectivity index is 1.65. The molecule has 1 aromatic carbocycles. The maximum absolute atomic E-state index is 13.0. The van der Waals surface area contributed by atoms with Crippen molar-refractivity contribution in [3.8, 4) is 0 Å². The molecule has 1 aliphatic rings. The van der Waals surface area contributed by atoms with Gasteiger partial charge in [0, 0.05) is 12.1 Å². The Morgan fingerprint density at radius 3 is 2.83 bits per heavy atom. The molecular weight excluding hydrogens is 399 g/mol. The summed E-state index contributed by atoms with van der Waals surface area (Å²) < 4.78 is 50.0. The van der Waals surface area contributed by atoms with E-state index in [1.54, 1.807) is 19.9 Å². The van der Waals surface area contributed by atoms with E-state index < -0.39 is 23.8 Å². The molecule has 1 aromatic heterocycles. The van der Waals surface area contributed by atoms with Crippen LogP contribution in [0.4, 0.5) is 19.0 Å². The van der Waals surface area contributed by atoms with Gasteiger partial charge in [-0.1, -0.05) is 12.1 Å². The van der Waals surface area contributed by atoms with Crippen LogP contribution in [0.5, 0.6) is 0 Å². The molecular formula is C21H24F3N3O3. The predicted octanol–water partition coefficient (Wildman–Crippen LogP) is 4.70. The number of halogens is 3. The first kappa shape index (κ1) is 22.0. The Hall–Kier alpha value is -2.68. The molecule has 0 aliphatic carbocycles. The molecule has 0 bridgehead atoms. The molecule has 0 amide bonds. The van der Waals surface area contributed by atoms with Crippen LogP contribution in [-0.4, -0.2) is 35.2 Å². The molecule has 2 atom stereocenters. The highest BCUT2D eigenvalue weighted by Crippen LogP contribution is 2.35. The van der Waals surface area contributed by atoms with Crippen LogP contribution in [0.25, 0.3) is 0 Å². The van der Waals surface area contributed by atoms with Gasteiger partial charge in [0.2, 0.25) is 0 Å². The number of aromatic nitrogens is 2. The van der Waals surface area contributed by atoms with Gasteiger partial charge in [-0.3, -0.25) is 0 Å². The minimum Gasteiger partial charge on any atom is -0.461 e. The summed E-state index contributed by atoms with van der Waals surface area (Å²) in [4.78, 5) is 20.1. The second-order valence-electron chi connectivity index (χ2n) is 7.10. The van der Waals surface area contributed by atoms with E-state index in [4.69, 9.17) is 9.47 Å². The number of esters is 1. The van der Waals surface area contributed by atoms with Gasteiger partial charge >= 0.3 is 12.1 Å². The summed E-state index contributed by atoms with van der Waals surface area (Å²) in [5.74, 6) is -0.0168. The van der Waals surface area contributed by atoms with Crippen molar-refractivity contribution < 1.29 is 27.4 Å². The average molecular weight is 423 g/mol. The normalized spacial score (nSPS) is 19.4. The van der Waals surface area contributed by atoms with Crippen LogP contribution in [0, 0.1) is 6.92 Å². The van der Waals surface area contributed by atoms with Gasteiger partial charge in [-0.15, -0.1) is 0 Å². The molecule has 9 heteroatoms. The Labute approximate surface area is 172 Å². The number of nitrogens with zero attached hydrogens (tertiary/aromatic N) is 2. The van der Waals surface area contributed by atoms with E-state index in [0.717, 1.165) is 25.0 Å². The summed E-state index contributed by atoms with van der Waals surface area (Å²) in [6.07, 6.45) is -1.41. The zero-order chi connectivity index (χ0) is 21.7. The molecule has 0 radical (unpaired) electrons. The van der Waals surface area contributed by atoms with Crippen molar-refractivity contribution in [1.29, 1.82) is 0 Å². The third-order valence-corrected chi connectivity index (χ3v) is 4.98. The van der Waals surface area contributed by atoms with Gasteiger partial charge < -0.3 is 14.8 Å². The van der Waals surface area contributed by atoms with Crippen LogP contribution in [0.1, 0.15) is 59.5 Å². The molecule has 30 heavy (non-hydrogen) atoms. The highest BCUT2D eigenvalue weighted by molar-refractivity contribution is 5.90. The number of nitrogens with one attached hydrogen (secondary N) is 1. The van der Waals surface area contributed by atoms with Crippen LogP contribution in [0.15, 0.2) is 30.6 Å². The molecule has 6 nitrogen and oxygen atoms in total. The van der Waals surface area contributed by atoms with Gasteiger partial charge in [-0.05, 0) is 50.8 Å². The van der Waals surface area contributed by atoms with E-state index in [-0.39, 0.29) is 18.4 Å². The quantitative estimate of drug-likeness (QED) is 0.679. The number of carbonyl (C=O) groups excluding carboxylic acids is 1. The highest BCUT2D eigenvalue weighted by Gasteiger charge is 2.32. The van der Waals surface area contributed by atoms with Crippen molar-refractivity contribution in [2.75, 3.05) is 18.5 Å². The summed E-state index contributed by atoms with van der Waals surface area (Å²) in [7, 11) is 0. The molecule has 0 saturated carbocycles. The summed E-state index contributed by atoms with van der Waals surface area (Å²) in [6, 6.07) is 5.28. The number of benzene rings is 1. The maximum Gasteiger partial charge on any atom is 0.416 e. The molecule has 2 aromatic rings. The zero-order valence-electron chi connectivity index (χ0n) is 16.8. The molecule has 162 valence electrons. The van der Waals surface area contributed by atoms with Crippen LogP contribution in [-0.2, 0) is 15.7 Å². The molecule has 1 aliphatic heterocycles. The highest BCUT2D eigenvalue weighted by atomic mass is 19.4. The lowest BCUT2D eigenvalue weighted by Gasteiger charge is -2.31. The van der Waals surface area contributed by atoms with Crippen LogP contribution in [0.2, 0.25) is 0 Å². The van der Waals surface area contributed by atoms with Crippen molar-refractivity contribution >= 4 is 11.8 Å². The molecule has 3 rings (SSSR count). The fourth-order valence-electron chi connectivity index (χ4n) is 3.45. The van der Waals surface area contributed by atoms with E-state index in [1.165, 1.54) is 12.4 Å². The van der Waals surface area contributed by atoms with Crippen molar-refractivity contribution in [1.82, 2.24) is 9.97 Å².